The van der Waals surface area contributed by atoms with E-state index in [1.165, 1.54) is 29.7 Å². The second-order valence-corrected chi connectivity index (χ2v) is 8.40. The Kier molecular flexibility index (Phi) is 6.07. The van der Waals surface area contributed by atoms with Crippen LogP contribution in [0.25, 0.3) is 0 Å². The minimum Gasteiger partial charge on any atom is -0.304 e. The van der Waals surface area contributed by atoms with Gasteiger partial charge in [-0.25, -0.2) is 4.98 Å². The molecule has 29 heavy (non-hydrogen) atoms. The molecule has 1 saturated carbocycles. The molecular weight excluding hydrogens is 378 g/mol. The fourth-order valence-corrected chi connectivity index (χ4v) is 4.66. The van der Waals surface area contributed by atoms with Crippen LogP contribution in [0.1, 0.15) is 49.6 Å². The Morgan fingerprint density at radius 1 is 1.17 bits per heavy atom. The molecule has 4 nitrogen and oxygen atoms in total. The second-order valence-electron chi connectivity index (χ2n) is 7.56. The number of carbonyl (C=O) groups is 1. The topological polar surface area (TPSA) is 45.2 Å². The Bertz CT molecular complexity index is 965. The summed E-state index contributed by atoms with van der Waals surface area (Å²) < 4.78 is 0. The van der Waals surface area contributed by atoms with Crippen molar-refractivity contribution in [1.82, 2.24) is 10.3 Å². The summed E-state index contributed by atoms with van der Waals surface area (Å²) in [7, 11) is 0. The van der Waals surface area contributed by atoms with Crippen LogP contribution in [-0.4, -0.2) is 10.9 Å². The van der Waals surface area contributed by atoms with E-state index in [1.807, 2.05) is 18.2 Å². The van der Waals surface area contributed by atoms with Crippen molar-refractivity contribution in [3.8, 4) is 0 Å². The molecule has 4 rings (SSSR count). The molecule has 1 fully saturated rings. The summed E-state index contributed by atoms with van der Waals surface area (Å²) in [5.74, 6) is 0.695. The van der Waals surface area contributed by atoms with Crippen molar-refractivity contribution in [2.24, 2.45) is 5.92 Å². The lowest BCUT2D eigenvalue weighted by atomic mass is 10.0. The number of hydrogen-bond donors (Lipinski definition) is 1. The van der Waals surface area contributed by atoms with Crippen LogP contribution in [0, 0.1) is 5.92 Å². The fourth-order valence-electron chi connectivity index (χ4n) is 3.78. The zero-order valence-electron chi connectivity index (χ0n) is 17.0. The monoisotopic (exact) mass is 405 g/mol. The molecule has 1 unspecified atom stereocenters. The van der Waals surface area contributed by atoms with Gasteiger partial charge in [0.15, 0.2) is 5.13 Å². The van der Waals surface area contributed by atoms with E-state index in [2.05, 4.69) is 54.0 Å². The Hall–Kier alpha value is -2.50. The first-order valence-electron chi connectivity index (χ1n) is 10.3. The van der Waals surface area contributed by atoms with Crippen LogP contribution in [-0.2, 0) is 17.8 Å². The summed E-state index contributed by atoms with van der Waals surface area (Å²) in [6.07, 6.45) is 3.43. The molecule has 3 aromatic rings. The lowest BCUT2D eigenvalue weighted by molar-refractivity contribution is -0.115. The number of rotatable bonds is 8. The molecule has 5 heteroatoms. The summed E-state index contributed by atoms with van der Waals surface area (Å²) >= 11 is 1.53. The van der Waals surface area contributed by atoms with Crippen LogP contribution < -0.4 is 10.2 Å². The van der Waals surface area contributed by atoms with Gasteiger partial charge >= 0.3 is 0 Å². The van der Waals surface area contributed by atoms with Gasteiger partial charge in [-0.05, 0) is 42.4 Å². The second kappa shape index (κ2) is 8.89. The number of para-hydroxylation sites is 1. The predicted molar refractivity (Wildman–Crippen MR) is 120 cm³/mol. The smallest absolute Gasteiger partial charge is 0.230 e. The maximum absolute atomic E-state index is 12.4. The molecule has 1 aliphatic carbocycles. The summed E-state index contributed by atoms with van der Waals surface area (Å²) in [6, 6.07) is 19.1. The number of nitrogens with zero attached hydrogens (tertiary/aromatic N) is 2. The van der Waals surface area contributed by atoms with E-state index in [1.54, 1.807) is 11.8 Å². The van der Waals surface area contributed by atoms with E-state index in [0.717, 1.165) is 28.5 Å². The van der Waals surface area contributed by atoms with E-state index in [0.29, 0.717) is 18.5 Å². The molecule has 0 aliphatic heterocycles. The highest BCUT2D eigenvalue weighted by Gasteiger charge is 2.32. The van der Waals surface area contributed by atoms with Gasteiger partial charge in [-0.2, -0.15) is 0 Å². The first kappa shape index (κ1) is 19.8. The highest BCUT2D eigenvalue weighted by atomic mass is 32.1. The largest absolute Gasteiger partial charge is 0.304 e. The molecule has 1 amide bonds. The summed E-state index contributed by atoms with van der Waals surface area (Å²) in [5, 5.41) is 6.49. The van der Waals surface area contributed by atoms with Crippen molar-refractivity contribution in [2.45, 2.75) is 45.7 Å². The zero-order chi connectivity index (χ0) is 20.2. The van der Waals surface area contributed by atoms with Crippen LogP contribution in [0.5, 0.6) is 0 Å². The number of aryl methyl sites for hydroxylation is 1. The van der Waals surface area contributed by atoms with Gasteiger partial charge in [0.2, 0.25) is 5.91 Å². The number of anilines is 2. The Morgan fingerprint density at radius 3 is 2.59 bits per heavy atom. The number of nitrogens with one attached hydrogen (secondary N) is 1. The lowest BCUT2D eigenvalue weighted by Gasteiger charge is -2.21. The van der Waals surface area contributed by atoms with Crippen molar-refractivity contribution < 1.29 is 4.79 Å². The normalized spacial score (nSPS) is 14.6. The van der Waals surface area contributed by atoms with Gasteiger partial charge in [0.25, 0.3) is 0 Å². The predicted octanol–water partition coefficient (Wildman–Crippen LogP) is 5.63. The molecule has 1 N–H and O–H groups in total. The third-order valence-electron chi connectivity index (χ3n) is 5.41. The fraction of sp³-hybridized carbons (Fsp3) is 0.333. The summed E-state index contributed by atoms with van der Waals surface area (Å²) in [6.45, 7) is 4.41. The number of thiazole rings is 1. The first-order chi connectivity index (χ1) is 14.2. The molecule has 1 heterocycles. The average molecular weight is 406 g/mol. The van der Waals surface area contributed by atoms with Crippen molar-refractivity contribution in [2.75, 3.05) is 4.90 Å². The molecule has 0 spiro atoms. The Balaban J connectivity index is 1.51. The van der Waals surface area contributed by atoms with Crippen LogP contribution in [0.2, 0.25) is 0 Å². The van der Waals surface area contributed by atoms with E-state index in [4.69, 9.17) is 4.98 Å². The number of amides is 1. The van der Waals surface area contributed by atoms with Crippen molar-refractivity contribution in [1.29, 1.82) is 0 Å². The minimum atomic E-state index is -0.0140. The molecule has 1 aliphatic rings. The highest BCUT2D eigenvalue weighted by molar-refractivity contribution is 7.14. The van der Waals surface area contributed by atoms with E-state index in [9.17, 15) is 4.79 Å². The molecule has 0 radical (unpaired) electrons. The Labute approximate surface area is 176 Å². The van der Waals surface area contributed by atoms with Gasteiger partial charge < -0.3 is 5.32 Å². The van der Waals surface area contributed by atoms with Crippen LogP contribution in [0.3, 0.4) is 0 Å². The molecule has 150 valence electrons. The lowest BCUT2D eigenvalue weighted by Crippen LogP contribution is -2.24. The number of hydrogen-bond acceptors (Lipinski definition) is 4. The minimum absolute atomic E-state index is 0.0140. The number of benzene rings is 2. The van der Waals surface area contributed by atoms with E-state index in [-0.39, 0.29) is 5.91 Å². The maximum atomic E-state index is 12.4. The molecule has 1 atom stereocenters. The van der Waals surface area contributed by atoms with Crippen molar-refractivity contribution in [3.05, 3.63) is 76.8 Å². The number of carbonyl (C=O) groups excluding carboxylic acids is 1. The van der Waals surface area contributed by atoms with Crippen LogP contribution in [0.15, 0.2) is 60.0 Å². The quantitative estimate of drug-likeness (QED) is 0.528. The third-order valence-corrected chi connectivity index (χ3v) is 6.29. The van der Waals surface area contributed by atoms with Crippen molar-refractivity contribution >= 4 is 28.1 Å². The van der Waals surface area contributed by atoms with Crippen molar-refractivity contribution in [3.63, 3.8) is 0 Å². The summed E-state index contributed by atoms with van der Waals surface area (Å²) in [5.41, 5.74) is 4.39. The van der Waals surface area contributed by atoms with Gasteiger partial charge in [-0.15, -0.1) is 11.3 Å². The molecule has 0 bridgehead atoms. The van der Waals surface area contributed by atoms with Crippen LogP contribution >= 0.6 is 11.3 Å². The van der Waals surface area contributed by atoms with Gasteiger partial charge in [-0.3, -0.25) is 9.69 Å². The van der Waals surface area contributed by atoms with Gasteiger partial charge in [0.05, 0.1) is 11.4 Å². The number of aromatic nitrogens is 1. The zero-order valence-corrected chi connectivity index (χ0v) is 17.8. The molecule has 0 saturated heterocycles. The van der Waals surface area contributed by atoms with E-state index < -0.39 is 0 Å². The molecule has 1 aromatic heterocycles. The maximum Gasteiger partial charge on any atom is 0.230 e. The Morgan fingerprint density at radius 2 is 1.90 bits per heavy atom. The van der Waals surface area contributed by atoms with Crippen LogP contribution in [0.4, 0.5) is 10.8 Å². The van der Waals surface area contributed by atoms with Gasteiger partial charge in [-0.1, -0.05) is 55.5 Å². The molecule has 2 aromatic carbocycles. The summed E-state index contributed by atoms with van der Waals surface area (Å²) in [4.78, 5) is 19.0. The van der Waals surface area contributed by atoms with Gasteiger partial charge in [0, 0.05) is 24.9 Å². The van der Waals surface area contributed by atoms with E-state index >= 15 is 0 Å². The third kappa shape index (κ3) is 4.57. The van der Waals surface area contributed by atoms with Gasteiger partial charge in [0.1, 0.15) is 0 Å². The SMILES string of the molecule is CCc1ccccc1N(C(C)=O)c1nc(CNC(c2ccccc2)C2CC2)cs1. The first-order valence-corrected chi connectivity index (χ1v) is 11.2. The average Bonchev–Trinajstić information content (AvgIpc) is 3.48. The standard InChI is InChI=1S/C24H27N3OS/c1-3-18-9-7-8-12-22(18)27(17(2)28)24-26-21(16-29-24)15-25-23(20-13-14-20)19-10-5-4-6-11-19/h4-12,16,20,23,25H,3,13-15H2,1-2H3. The highest BCUT2D eigenvalue weighted by Crippen LogP contribution is 2.41. The molecular formula is C24H27N3OS.